The molecule has 0 saturated carbocycles. The largest absolute Gasteiger partial charge is 0.465 e. The third-order valence-electron chi connectivity index (χ3n) is 4.23. The number of carbonyl (C=O) groups is 2. The summed E-state index contributed by atoms with van der Waals surface area (Å²) in [4.78, 5) is 28.3. The maximum Gasteiger partial charge on any atom is 0.341 e. The summed E-state index contributed by atoms with van der Waals surface area (Å²) in [6, 6.07) is 5.68. The van der Waals surface area contributed by atoms with Crippen molar-refractivity contribution >= 4 is 50.8 Å². The Morgan fingerprint density at radius 1 is 1.36 bits per heavy atom. The quantitative estimate of drug-likeness (QED) is 0.550. The summed E-state index contributed by atoms with van der Waals surface area (Å²) in [5.74, 6) is -0.600. The average molecular weight is 470 g/mol. The van der Waals surface area contributed by atoms with E-state index in [1.54, 1.807) is 0 Å². The van der Waals surface area contributed by atoms with Gasteiger partial charge >= 0.3 is 5.97 Å². The van der Waals surface area contributed by atoms with Crippen molar-refractivity contribution in [2.45, 2.75) is 19.9 Å². The van der Waals surface area contributed by atoms with Crippen LogP contribution >= 0.6 is 33.9 Å². The molecule has 132 valence electrons. The number of nitrogens with one attached hydrogen (secondary N) is 1. The Labute approximate surface area is 164 Å². The number of benzene rings is 1. The van der Waals surface area contributed by atoms with E-state index >= 15 is 0 Å². The van der Waals surface area contributed by atoms with Crippen molar-refractivity contribution in [2.75, 3.05) is 26.0 Å². The molecule has 25 heavy (non-hydrogen) atoms. The number of thiophene rings is 1. The SMILES string of the molecule is COC(=O)c1c(NC(=O)c2ccc(C)cc2I)sc2c1CCN(C)C2. The van der Waals surface area contributed by atoms with Crippen LogP contribution in [0.3, 0.4) is 0 Å². The number of likely N-dealkylation sites (N-methyl/N-ethyl adjacent to an activating group) is 1. The lowest BCUT2D eigenvalue weighted by atomic mass is 10.0. The predicted molar refractivity (Wildman–Crippen MR) is 108 cm³/mol. The minimum Gasteiger partial charge on any atom is -0.465 e. The van der Waals surface area contributed by atoms with Crippen LogP contribution in [0.5, 0.6) is 0 Å². The zero-order valence-corrected chi connectivity index (χ0v) is 17.3. The van der Waals surface area contributed by atoms with Gasteiger partial charge in [-0.05, 0) is 60.7 Å². The molecule has 1 aromatic heterocycles. The molecular weight excluding hydrogens is 451 g/mol. The van der Waals surface area contributed by atoms with Gasteiger partial charge in [0.05, 0.1) is 18.2 Å². The second-order valence-electron chi connectivity index (χ2n) is 6.12. The lowest BCUT2D eigenvalue weighted by molar-refractivity contribution is 0.0600. The van der Waals surface area contributed by atoms with Crippen LogP contribution in [0.2, 0.25) is 0 Å². The third-order valence-corrected chi connectivity index (χ3v) is 6.26. The average Bonchev–Trinajstić information content (AvgIpc) is 2.90. The van der Waals surface area contributed by atoms with Crippen LogP contribution in [0.25, 0.3) is 0 Å². The predicted octanol–water partition coefficient (Wildman–Crippen LogP) is 3.69. The van der Waals surface area contributed by atoms with Crippen molar-refractivity contribution in [3.8, 4) is 0 Å². The van der Waals surface area contributed by atoms with E-state index in [1.165, 1.54) is 18.4 Å². The lowest BCUT2D eigenvalue weighted by Crippen LogP contribution is -2.26. The van der Waals surface area contributed by atoms with Gasteiger partial charge < -0.3 is 15.0 Å². The van der Waals surface area contributed by atoms with E-state index in [-0.39, 0.29) is 5.91 Å². The number of esters is 1. The topological polar surface area (TPSA) is 58.6 Å². The van der Waals surface area contributed by atoms with Gasteiger partial charge in [-0.25, -0.2) is 4.79 Å². The number of hydrogen-bond donors (Lipinski definition) is 1. The molecule has 0 fully saturated rings. The molecule has 1 N–H and O–H groups in total. The number of rotatable bonds is 3. The van der Waals surface area contributed by atoms with E-state index in [4.69, 9.17) is 4.74 Å². The number of hydrogen-bond acceptors (Lipinski definition) is 5. The lowest BCUT2D eigenvalue weighted by Gasteiger charge is -2.22. The summed E-state index contributed by atoms with van der Waals surface area (Å²) in [5.41, 5.74) is 3.21. The first-order valence-corrected chi connectivity index (χ1v) is 9.79. The molecule has 0 atom stereocenters. The highest BCUT2D eigenvalue weighted by Gasteiger charge is 2.28. The zero-order valence-electron chi connectivity index (χ0n) is 14.3. The van der Waals surface area contributed by atoms with Gasteiger partial charge in [0.15, 0.2) is 0 Å². The molecule has 2 aromatic rings. The summed E-state index contributed by atoms with van der Waals surface area (Å²) >= 11 is 3.62. The maximum absolute atomic E-state index is 12.7. The Morgan fingerprint density at radius 2 is 2.12 bits per heavy atom. The highest BCUT2D eigenvalue weighted by atomic mass is 127. The first kappa shape index (κ1) is 18.3. The second kappa shape index (κ2) is 7.43. The molecule has 1 aliphatic rings. The highest BCUT2D eigenvalue weighted by molar-refractivity contribution is 14.1. The summed E-state index contributed by atoms with van der Waals surface area (Å²) in [5, 5.41) is 3.51. The molecule has 1 aliphatic heterocycles. The van der Waals surface area contributed by atoms with Crippen molar-refractivity contribution in [1.29, 1.82) is 0 Å². The van der Waals surface area contributed by atoms with Crippen LogP contribution in [0.15, 0.2) is 18.2 Å². The van der Waals surface area contributed by atoms with Crippen LogP contribution in [0.4, 0.5) is 5.00 Å². The molecule has 0 unspecified atom stereocenters. The summed E-state index contributed by atoms with van der Waals surface area (Å²) < 4.78 is 5.84. The van der Waals surface area contributed by atoms with Gasteiger partial charge in [0.25, 0.3) is 5.91 Å². The van der Waals surface area contributed by atoms with Gasteiger partial charge in [0, 0.05) is 21.5 Å². The van der Waals surface area contributed by atoms with Gasteiger partial charge in [-0.3, -0.25) is 4.79 Å². The highest BCUT2D eigenvalue weighted by Crippen LogP contribution is 2.37. The van der Waals surface area contributed by atoms with Gasteiger partial charge in [-0.2, -0.15) is 0 Å². The smallest absolute Gasteiger partial charge is 0.341 e. The van der Waals surface area contributed by atoms with Crippen LogP contribution in [0, 0.1) is 10.5 Å². The minimum atomic E-state index is -0.393. The summed E-state index contributed by atoms with van der Waals surface area (Å²) in [6.45, 7) is 3.65. The Balaban J connectivity index is 1.96. The molecule has 3 rings (SSSR count). The normalized spacial score (nSPS) is 14.1. The number of nitrogens with zero attached hydrogens (tertiary/aromatic N) is 1. The molecular formula is C18H19IN2O3S. The van der Waals surface area contributed by atoms with E-state index in [0.717, 1.165) is 39.1 Å². The number of methoxy groups -OCH3 is 1. The molecule has 7 heteroatoms. The molecule has 0 spiro atoms. The van der Waals surface area contributed by atoms with E-state index < -0.39 is 5.97 Å². The van der Waals surface area contributed by atoms with Gasteiger partial charge in [0.1, 0.15) is 5.00 Å². The minimum absolute atomic E-state index is 0.207. The fourth-order valence-corrected chi connectivity index (χ4v) is 5.14. The number of fused-ring (bicyclic) bond motifs is 1. The van der Waals surface area contributed by atoms with Crippen molar-refractivity contribution in [3.63, 3.8) is 0 Å². The molecule has 1 aromatic carbocycles. The fourth-order valence-electron chi connectivity index (χ4n) is 2.91. The number of carbonyl (C=O) groups excluding carboxylic acids is 2. The number of aryl methyl sites for hydroxylation is 1. The summed E-state index contributed by atoms with van der Waals surface area (Å²) in [6.07, 6.45) is 0.782. The van der Waals surface area contributed by atoms with Gasteiger partial charge in [-0.15, -0.1) is 11.3 Å². The molecule has 1 amide bonds. The van der Waals surface area contributed by atoms with E-state index in [2.05, 4.69) is 32.8 Å². The molecule has 0 aliphatic carbocycles. The van der Waals surface area contributed by atoms with Crippen LogP contribution in [-0.2, 0) is 17.7 Å². The van der Waals surface area contributed by atoms with E-state index in [0.29, 0.717) is 16.1 Å². The summed E-state index contributed by atoms with van der Waals surface area (Å²) in [7, 11) is 3.42. The van der Waals surface area contributed by atoms with Gasteiger partial charge in [0.2, 0.25) is 0 Å². The molecule has 0 radical (unpaired) electrons. The third kappa shape index (κ3) is 3.73. The van der Waals surface area contributed by atoms with E-state index in [9.17, 15) is 9.59 Å². The Bertz CT molecular complexity index is 847. The first-order valence-electron chi connectivity index (χ1n) is 7.89. The van der Waals surface area contributed by atoms with Crippen molar-refractivity contribution < 1.29 is 14.3 Å². The van der Waals surface area contributed by atoms with Crippen molar-refractivity contribution in [3.05, 3.63) is 48.9 Å². The number of ether oxygens (including phenoxy) is 1. The molecule has 0 bridgehead atoms. The molecule has 5 nitrogen and oxygen atoms in total. The molecule has 0 saturated heterocycles. The number of amides is 1. The fraction of sp³-hybridized carbons (Fsp3) is 0.333. The second-order valence-corrected chi connectivity index (χ2v) is 8.39. The molecule has 2 heterocycles. The van der Waals surface area contributed by atoms with Crippen LogP contribution < -0.4 is 5.32 Å². The van der Waals surface area contributed by atoms with Crippen LogP contribution in [-0.4, -0.2) is 37.5 Å². The maximum atomic E-state index is 12.7. The number of halogens is 1. The monoisotopic (exact) mass is 470 g/mol. The van der Waals surface area contributed by atoms with Gasteiger partial charge in [-0.1, -0.05) is 11.6 Å². The number of anilines is 1. The van der Waals surface area contributed by atoms with E-state index in [1.807, 2.05) is 32.2 Å². The van der Waals surface area contributed by atoms with Crippen molar-refractivity contribution in [2.24, 2.45) is 0 Å². The Kier molecular flexibility index (Phi) is 5.45. The van der Waals surface area contributed by atoms with Crippen LogP contribution in [0.1, 0.15) is 36.7 Å². The first-order chi connectivity index (χ1) is 11.9. The Hall–Kier alpha value is -1.45. The van der Waals surface area contributed by atoms with Crippen molar-refractivity contribution in [1.82, 2.24) is 4.90 Å². The zero-order chi connectivity index (χ0) is 18.1. The standard InChI is InChI=1S/C18H19IN2O3S/c1-10-4-5-11(13(19)8-10)16(22)20-17-15(18(23)24-3)12-6-7-21(2)9-14(12)25-17/h4-5,8H,6-7,9H2,1-3H3,(H,20,22). The Morgan fingerprint density at radius 3 is 2.80 bits per heavy atom.